The topological polar surface area (TPSA) is 133 Å². The number of nitrogens with one attached hydrogen (secondary N) is 1. The molecule has 10 nitrogen and oxygen atoms in total. The Hall–Kier alpha value is -2.17. The molecule has 8 atom stereocenters. The second kappa shape index (κ2) is 8.43. The Morgan fingerprint density at radius 1 is 1.25 bits per heavy atom. The number of aliphatic hydroxyl groups is 1. The number of hydrogen-bond acceptors (Lipinski definition) is 7. The Bertz CT molecular complexity index is 1250. The molecule has 3 fully saturated rings. The van der Waals surface area contributed by atoms with Crippen LogP contribution in [0.3, 0.4) is 0 Å². The Balaban J connectivity index is 1.68. The van der Waals surface area contributed by atoms with Gasteiger partial charge in [0.25, 0.3) is 0 Å². The largest absolute Gasteiger partial charge is 0.461 e. The molecule has 36 heavy (non-hydrogen) atoms. The zero-order valence-corrected chi connectivity index (χ0v) is 21.8. The predicted octanol–water partition coefficient (Wildman–Crippen LogP) is 1.23. The van der Waals surface area contributed by atoms with Crippen molar-refractivity contribution in [1.29, 1.82) is 0 Å². The third kappa shape index (κ3) is 3.04. The minimum Gasteiger partial charge on any atom is -0.461 e. The first-order valence-electron chi connectivity index (χ1n) is 12.6. The molecule has 198 valence electrons. The number of H-pyrrole nitrogens is 1. The first-order chi connectivity index (χ1) is 17.0. The summed E-state index contributed by atoms with van der Waals surface area (Å²) in [6.07, 6.45) is 2.52. The fourth-order valence-corrected chi connectivity index (χ4v) is 8.20. The standard InChI is InChI=1S/C25H34ClN3O7/c1-13-5-7-24-10-17(35-4)20(31)25(24,34)23(13,3)18(36-19(30)11-26)9-16(14(24)2)15-6-8-28-21(32)27-22(33)29(28)12-15/h6,13-14,16-18,34H,5,7-12H2,1-4H3,(H,27,32,33)/t13?,14-,16+,17-,18+,23-,24-,25+/m0/s1. The van der Waals surface area contributed by atoms with Gasteiger partial charge in [-0.2, -0.15) is 0 Å². The minimum atomic E-state index is -1.77. The minimum absolute atomic E-state index is 0.118. The average Bonchev–Trinajstić information content (AvgIpc) is 3.27. The van der Waals surface area contributed by atoms with E-state index in [2.05, 4.69) is 4.98 Å². The van der Waals surface area contributed by atoms with Crippen LogP contribution in [0.1, 0.15) is 46.5 Å². The van der Waals surface area contributed by atoms with Gasteiger partial charge in [0.05, 0.1) is 13.1 Å². The van der Waals surface area contributed by atoms with Crippen LogP contribution >= 0.6 is 11.6 Å². The van der Waals surface area contributed by atoms with Crippen molar-refractivity contribution in [2.75, 3.05) is 13.0 Å². The third-order valence-corrected chi connectivity index (χ3v) is 10.6. The van der Waals surface area contributed by atoms with Gasteiger partial charge in [0.15, 0.2) is 5.78 Å². The van der Waals surface area contributed by atoms with E-state index in [1.807, 2.05) is 26.8 Å². The number of carbonyl (C=O) groups is 2. The van der Waals surface area contributed by atoms with Crippen LogP contribution in [0.25, 0.3) is 0 Å². The maximum absolute atomic E-state index is 13.9. The van der Waals surface area contributed by atoms with E-state index in [-0.39, 0.29) is 42.5 Å². The van der Waals surface area contributed by atoms with E-state index < -0.39 is 46.0 Å². The van der Waals surface area contributed by atoms with Gasteiger partial charge in [-0.3, -0.25) is 14.6 Å². The number of rotatable bonds is 4. The van der Waals surface area contributed by atoms with E-state index in [4.69, 9.17) is 21.1 Å². The Labute approximate surface area is 213 Å². The van der Waals surface area contributed by atoms with Crippen LogP contribution in [0.5, 0.6) is 0 Å². The van der Waals surface area contributed by atoms with Gasteiger partial charge in [-0.25, -0.2) is 19.0 Å². The van der Waals surface area contributed by atoms with Crippen molar-refractivity contribution in [3.8, 4) is 0 Å². The maximum Gasteiger partial charge on any atom is 0.344 e. The smallest absolute Gasteiger partial charge is 0.344 e. The summed E-state index contributed by atoms with van der Waals surface area (Å²) in [5.74, 6) is -1.83. The Kier molecular flexibility index (Phi) is 5.96. The number of methoxy groups -OCH3 is 1. The molecule has 1 unspecified atom stereocenters. The number of Topliss-reactive ketones (excluding diaryl/α,β-unsaturated/α-hetero) is 1. The second-order valence-corrected chi connectivity index (χ2v) is 11.5. The van der Waals surface area contributed by atoms with Gasteiger partial charge in [-0.15, -0.1) is 11.6 Å². The molecule has 2 N–H and O–H groups in total. The molecule has 3 aliphatic carbocycles. The number of alkyl halides is 1. The Morgan fingerprint density at radius 2 is 1.94 bits per heavy atom. The quantitative estimate of drug-likeness (QED) is 0.344. The van der Waals surface area contributed by atoms with Gasteiger partial charge in [0, 0.05) is 17.9 Å². The lowest BCUT2D eigenvalue weighted by Gasteiger charge is -2.60. The third-order valence-electron chi connectivity index (χ3n) is 10.3. The summed E-state index contributed by atoms with van der Waals surface area (Å²) >= 11 is 5.83. The molecule has 2 heterocycles. The van der Waals surface area contributed by atoms with Crippen LogP contribution in [0.15, 0.2) is 21.2 Å². The number of aromatic nitrogens is 3. The van der Waals surface area contributed by atoms with Crippen LogP contribution in [-0.2, 0) is 32.2 Å². The Morgan fingerprint density at radius 3 is 2.61 bits per heavy atom. The van der Waals surface area contributed by atoms with Crippen molar-refractivity contribution in [3.05, 3.63) is 32.6 Å². The summed E-state index contributed by atoms with van der Waals surface area (Å²) in [6, 6.07) is 0. The van der Waals surface area contributed by atoms with E-state index in [1.54, 1.807) is 0 Å². The van der Waals surface area contributed by atoms with E-state index in [9.17, 15) is 24.3 Å². The summed E-state index contributed by atoms with van der Waals surface area (Å²) in [5, 5.41) is 12.6. The van der Waals surface area contributed by atoms with Crippen LogP contribution in [-0.4, -0.2) is 62.0 Å². The number of carbonyl (C=O) groups excluding carboxylic acids is 2. The molecule has 0 saturated heterocycles. The van der Waals surface area contributed by atoms with Crippen molar-refractivity contribution in [2.45, 2.75) is 77.4 Å². The monoisotopic (exact) mass is 523 g/mol. The van der Waals surface area contributed by atoms with Gasteiger partial charge < -0.3 is 14.6 Å². The summed E-state index contributed by atoms with van der Waals surface area (Å²) in [4.78, 5) is 53.3. The molecule has 11 heteroatoms. The zero-order valence-electron chi connectivity index (χ0n) is 21.1. The maximum atomic E-state index is 13.9. The van der Waals surface area contributed by atoms with E-state index in [1.165, 1.54) is 16.5 Å². The molecule has 0 spiro atoms. The zero-order chi connectivity index (χ0) is 26.2. The summed E-state index contributed by atoms with van der Waals surface area (Å²) in [6.45, 7) is 6.34. The molecular formula is C25H34ClN3O7. The average molecular weight is 524 g/mol. The number of nitrogens with zero attached hydrogens (tertiary/aromatic N) is 2. The highest BCUT2D eigenvalue weighted by atomic mass is 35.5. The van der Waals surface area contributed by atoms with Crippen molar-refractivity contribution in [3.63, 3.8) is 0 Å². The van der Waals surface area contributed by atoms with Gasteiger partial charge in [-0.1, -0.05) is 26.8 Å². The number of fused-ring (bicyclic) bond motifs is 1. The number of esters is 1. The van der Waals surface area contributed by atoms with E-state index >= 15 is 0 Å². The van der Waals surface area contributed by atoms with Crippen LogP contribution in [0.2, 0.25) is 0 Å². The molecule has 0 aromatic carbocycles. The summed E-state index contributed by atoms with van der Waals surface area (Å²) < 4.78 is 14.3. The molecule has 1 aliphatic heterocycles. The van der Waals surface area contributed by atoms with Crippen LogP contribution in [0, 0.1) is 28.6 Å². The SMILES string of the molecule is CO[C@H]1C[C@@]23CCC(C)[C@@](C)([C@H](OC(=O)CCl)C[C@@H](C4=CCn5c(=O)[nH]c(=O)n5C4)[C@@H]2C)[C@]3(O)C1=O. The van der Waals surface area contributed by atoms with E-state index in [0.717, 1.165) is 12.0 Å². The first-order valence-corrected chi connectivity index (χ1v) is 13.1. The molecule has 3 saturated carbocycles. The fourth-order valence-electron chi connectivity index (χ4n) is 8.13. The predicted molar refractivity (Wildman–Crippen MR) is 130 cm³/mol. The van der Waals surface area contributed by atoms with Crippen molar-refractivity contribution >= 4 is 23.4 Å². The van der Waals surface area contributed by atoms with Crippen molar-refractivity contribution in [1.82, 2.24) is 14.3 Å². The molecule has 2 bridgehead atoms. The molecule has 0 radical (unpaired) electrons. The number of ketones is 1. The molecule has 1 aromatic heterocycles. The normalized spacial score (nSPS) is 41.8. The number of halogens is 1. The van der Waals surface area contributed by atoms with Gasteiger partial charge in [0.2, 0.25) is 0 Å². The van der Waals surface area contributed by atoms with E-state index in [0.29, 0.717) is 19.3 Å². The number of hydrogen-bond donors (Lipinski definition) is 2. The number of allylic oxidation sites excluding steroid dienone is 2. The van der Waals surface area contributed by atoms with Gasteiger partial charge >= 0.3 is 17.3 Å². The van der Waals surface area contributed by atoms with Crippen molar-refractivity contribution < 1.29 is 24.2 Å². The lowest BCUT2D eigenvalue weighted by Crippen LogP contribution is -2.69. The highest BCUT2D eigenvalue weighted by Gasteiger charge is 2.78. The van der Waals surface area contributed by atoms with Gasteiger partial charge in [-0.05, 0) is 49.0 Å². The molecule has 5 rings (SSSR count). The summed E-state index contributed by atoms with van der Waals surface area (Å²) in [5.41, 5.74) is -3.67. The second-order valence-electron chi connectivity index (χ2n) is 11.3. The number of ether oxygens (including phenoxy) is 2. The lowest BCUT2D eigenvalue weighted by atomic mass is 9.46. The molecular weight excluding hydrogens is 490 g/mol. The fraction of sp³-hybridized carbons (Fsp3) is 0.760. The summed E-state index contributed by atoms with van der Waals surface area (Å²) in [7, 11) is 1.48. The van der Waals surface area contributed by atoms with Crippen molar-refractivity contribution in [2.24, 2.45) is 28.6 Å². The highest BCUT2D eigenvalue weighted by molar-refractivity contribution is 6.26. The van der Waals surface area contributed by atoms with Crippen LogP contribution in [0.4, 0.5) is 0 Å². The molecule has 4 aliphatic rings. The lowest BCUT2D eigenvalue weighted by molar-refractivity contribution is -0.234. The molecule has 1 aromatic rings. The number of aromatic amines is 1. The first kappa shape index (κ1) is 25.5. The highest BCUT2D eigenvalue weighted by Crippen LogP contribution is 2.71. The molecule has 0 amide bonds. The van der Waals surface area contributed by atoms with Crippen LogP contribution < -0.4 is 11.4 Å². The van der Waals surface area contributed by atoms with Gasteiger partial charge in [0.1, 0.15) is 23.7 Å².